The van der Waals surface area contributed by atoms with Gasteiger partial charge in [-0.3, -0.25) is 10.1 Å². The number of aromatic nitrogens is 4. The average molecular weight is 271 g/mol. The number of anilines is 2. The third-order valence-electron chi connectivity index (χ3n) is 1.83. The molecule has 94 valence electrons. The number of hydrogen-bond acceptors (Lipinski definition) is 8. The molecule has 0 spiro atoms. The number of nitrogens with one attached hydrogen (secondary N) is 1. The summed E-state index contributed by atoms with van der Waals surface area (Å²) in [6.07, 6.45) is 0. The lowest BCUT2D eigenvalue weighted by Gasteiger charge is -2.04. The molecule has 0 aromatic carbocycles. The van der Waals surface area contributed by atoms with Crippen LogP contribution in [0.25, 0.3) is 0 Å². The van der Waals surface area contributed by atoms with Crippen LogP contribution in [0.4, 0.5) is 11.8 Å². The Bertz CT molecular complexity index is 586. The largest absolute Gasteiger partial charge is 0.481 e. The molecule has 2 aromatic rings. The summed E-state index contributed by atoms with van der Waals surface area (Å²) in [6, 6.07) is 1.39. The number of hydrogen-bond donors (Lipinski definition) is 2. The molecule has 0 aliphatic carbocycles. The molecule has 2 heterocycles. The van der Waals surface area contributed by atoms with Gasteiger partial charge in [-0.25, -0.2) is 9.61 Å². The van der Waals surface area contributed by atoms with Crippen molar-refractivity contribution in [1.82, 2.24) is 20.3 Å². The van der Waals surface area contributed by atoms with E-state index in [1.54, 1.807) is 0 Å². The van der Waals surface area contributed by atoms with Crippen molar-refractivity contribution in [2.24, 2.45) is 0 Å². The van der Waals surface area contributed by atoms with E-state index in [-0.39, 0.29) is 28.5 Å². The smallest absolute Gasteiger partial charge is 0.284 e. The first-order chi connectivity index (χ1) is 8.60. The van der Waals surface area contributed by atoms with Gasteiger partial charge in [0.2, 0.25) is 23.3 Å². The Labute approximate surface area is 105 Å². The second-order valence-electron chi connectivity index (χ2n) is 3.01. The predicted molar refractivity (Wildman–Crippen MR) is 60.3 cm³/mol. The molecule has 9 nitrogen and oxygen atoms in total. The average Bonchev–Trinajstić information content (AvgIpc) is 2.74. The van der Waals surface area contributed by atoms with Gasteiger partial charge in [-0.1, -0.05) is 11.6 Å². The Balaban J connectivity index is 2.22. The van der Waals surface area contributed by atoms with E-state index in [0.717, 1.165) is 0 Å². The van der Waals surface area contributed by atoms with E-state index >= 15 is 0 Å². The van der Waals surface area contributed by atoms with E-state index < -0.39 is 5.91 Å². The Hall–Kier alpha value is -2.42. The fraction of sp³-hybridized carbons (Fsp3) is 0.125. The first kappa shape index (κ1) is 12.0. The van der Waals surface area contributed by atoms with Crippen LogP contribution in [-0.2, 0) is 0 Å². The van der Waals surface area contributed by atoms with Gasteiger partial charge in [-0.15, -0.1) is 0 Å². The van der Waals surface area contributed by atoms with Crippen molar-refractivity contribution in [1.29, 1.82) is 0 Å². The topological polar surface area (TPSA) is 129 Å². The number of carbonyl (C=O) groups is 1. The molecular weight excluding hydrogens is 264 g/mol. The highest BCUT2D eigenvalue weighted by Gasteiger charge is 2.17. The van der Waals surface area contributed by atoms with Crippen molar-refractivity contribution in [2.45, 2.75) is 0 Å². The van der Waals surface area contributed by atoms with Gasteiger partial charge in [0.05, 0.1) is 7.11 Å². The van der Waals surface area contributed by atoms with Gasteiger partial charge in [-0.05, 0) is 10.3 Å². The highest BCUT2D eigenvalue weighted by molar-refractivity contribution is 6.29. The number of nitrogen functional groups attached to an aromatic ring is 1. The lowest BCUT2D eigenvalue weighted by Crippen LogP contribution is -2.16. The molecule has 3 N–H and O–H groups in total. The lowest BCUT2D eigenvalue weighted by molar-refractivity contribution is 0.101. The Morgan fingerprint density at radius 2 is 2.28 bits per heavy atom. The molecule has 18 heavy (non-hydrogen) atoms. The van der Waals surface area contributed by atoms with Crippen LogP contribution >= 0.6 is 11.6 Å². The maximum absolute atomic E-state index is 11.7. The summed E-state index contributed by atoms with van der Waals surface area (Å²) in [4.78, 5) is 19.3. The van der Waals surface area contributed by atoms with E-state index in [1.807, 2.05) is 0 Å². The maximum atomic E-state index is 11.7. The van der Waals surface area contributed by atoms with Crippen LogP contribution in [0.15, 0.2) is 10.7 Å². The predicted octanol–water partition coefficient (Wildman–Crippen LogP) is 0.356. The molecule has 0 saturated heterocycles. The summed E-state index contributed by atoms with van der Waals surface area (Å²) in [7, 11) is 1.41. The monoisotopic (exact) mass is 270 g/mol. The van der Waals surface area contributed by atoms with Crippen LogP contribution in [0, 0.1) is 0 Å². The maximum Gasteiger partial charge on any atom is 0.284 e. The van der Waals surface area contributed by atoms with Crippen molar-refractivity contribution in [3.8, 4) is 5.88 Å². The molecule has 1 amide bonds. The molecular formula is C8H7ClN6O3. The molecule has 0 bridgehead atoms. The minimum Gasteiger partial charge on any atom is -0.481 e. The first-order valence-corrected chi connectivity index (χ1v) is 4.96. The first-order valence-electron chi connectivity index (χ1n) is 4.58. The number of carbonyl (C=O) groups excluding carboxylic acids is 1. The van der Waals surface area contributed by atoms with Crippen LogP contribution in [-0.4, -0.2) is 33.3 Å². The third kappa shape index (κ3) is 2.46. The molecule has 2 rings (SSSR count). The number of nitrogens with two attached hydrogens (primary N) is 1. The minimum atomic E-state index is -0.668. The zero-order valence-corrected chi connectivity index (χ0v) is 9.80. The zero-order chi connectivity index (χ0) is 13.1. The molecule has 10 heteroatoms. The van der Waals surface area contributed by atoms with Gasteiger partial charge in [0.25, 0.3) is 5.91 Å². The van der Waals surface area contributed by atoms with Gasteiger partial charge in [0.15, 0.2) is 0 Å². The van der Waals surface area contributed by atoms with E-state index in [1.165, 1.54) is 13.2 Å². The number of amides is 1. The summed E-state index contributed by atoms with van der Waals surface area (Å²) >= 11 is 5.71. The van der Waals surface area contributed by atoms with E-state index in [4.69, 9.17) is 22.1 Å². The molecule has 0 aliphatic heterocycles. The number of methoxy groups -OCH3 is 1. The summed E-state index contributed by atoms with van der Waals surface area (Å²) in [5.41, 5.74) is 5.19. The van der Waals surface area contributed by atoms with Crippen molar-refractivity contribution in [3.05, 3.63) is 16.9 Å². The standard InChI is InChI=1S/C8H7ClN6O3/c1-17-4-2-3(9)11-8(12-4)13-7(16)5-6(10)15-18-14-5/h2H,1H3,(H2,10,15)(H,11,12,13,16). The van der Waals surface area contributed by atoms with Crippen LogP contribution in [0.3, 0.4) is 0 Å². The van der Waals surface area contributed by atoms with Crippen LogP contribution in [0.5, 0.6) is 5.88 Å². The zero-order valence-electron chi connectivity index (χ0n) is 9.05. The fourth-order valence-electron chi connectivity index (χ4n) is 1.07. The minimum absolute atomic E-state index is 0.0493. The normalized spacial score (nSPS) is 10.1. The molecule has 0 radical (unpaired) electrons. The molecule has 0 atom stereocenters. The second-order valence-corrected chi connectivity index (χ2v) is 3.40. The molecule has 0 saturated carbocycles. The van der Waals surface area contributed by atoms with E-state index in [2.05, 4.69) is 30.2 Å². The number of nitrogens with zero attached hydrogens (tertiary/aromatic N) is 4. The lowest BCUT2D eigenvalue weighted by atomic mass is 10.4. The van der Waals surface area contributed by atoms with Gasteiger partial charge in [-0.2, -0.15) is 4.98 Å². The molecule has 0 unspecified atom stereocenters. The summed E-state index contributed by atoms with van der Waals surface area (Å²) in [5, 5.41) is 9.05. The summed E-state index contributed by atoms with van der Waals surface area (Å²) < 4.78 is 9.17. The van der Waals surface area contributed by atoms with Crippen LogP contribution < -0.4 is 15.8 Å². The van der Waals surface area contributed by atoms with Gasteiger partial charge >= 0.3 is 0 Å². The van der Waals surface area contributed by atoms with Crippen molar-refractivity contribution < 1.29 is 14.2 Å². The quantitative estimate of drug-likeness (QED) is 0.765. The van der Waals surface area contributed by atoms with E-state index in [9.17, 15) is 4.79 Å². The fourth-order valence-corrected chi connectivity index (χ4v) is 1.24. The van der Waals surface area contributed by atoms with Crippen LogP contribution in [0.1, 0.15) is 10.5 Å². The highest BCUT2D eigenvalue weighted by Crippen LogP contribution is 2.16. The SMILES string of the molecule is COc1cc(Cl)nc(NC(=O)c2nonc2N)n1. The Kier molecular flexibility index (Phi) is 3.24. The van der Waals surface area contributed by atoms with Gasteiger partial charge < -0.3 is 10.5 Å². The van der Waals surface area contributed by atoms with E-state index in [0.29, 0.717) is 0 Å². The number of ether oxygens (including phenoxy) is 1. The Morgan fingerprint density at radius 1 is 1.50 bits per heavy atom. The van der Waals surface area contributed by atoms with Crippen molar-refractivity contribution in [3.63, 3.8) is 0 Å². The van der Waals surface area contributed by atoms with Crippen molar-refractivity contribution >= 4 is 29.3 Å². The second kappa shape index (κ2) is 4.84. The number of halogens is 1. The van der Waals surface area contributed by atoms with Crippen molar-refractivity contribution in [2.75, 3.05) is 18.2 Å². The summed E-state index contributed by atoms with van der Waals surface area (Å²) in [5.74, 6) is -0.650. The highest BCUT2D eigenvalue weighted by atomic mass is 35.5. The van der Waals surface area contributed by atoms with Gasteiger partial charge in [0, 0.05) is 6.07 Å². The third-order valence-corrected chi connectivity index (χ3v) is 2.03. The number of rotatable bonds is 3. The Morgan fingerprint density at radius 3 is 2.89 bits per heavy atom. The van der Waals surface area contributed by atoms with Gasteiger partial charge in [0.1, 0.15) is 5.15 Å². The molecule has 0 fully saturated rings. The molecule has 2 aromatic heterocycles. The summed E-state index contributed by atoms with van der Waals surface area (Å²) in [6.45, 7) is 0. The van der Waals surface area contributed by atoms with Crippen LogP contribution in [0.2, 0.25) is 5.15 Å². The molecule has 0 aliphatic rings.